The number of aliphatic hydroxyl groups is 2. The molecule has 6 heteroatoms. The molecule has 1 fully saturated rings. The Morgan fingerprint density at radius 1 is 1.14 bits per heavy atom. The van der Waals surface area contributed by atoms with Gasteiger partial charge in [0.2, 0.25) is 0 Å². The van der Waals surface area contributed by atoms with Crippen LogP contribution in [0.4, 0.5) is 4.39 Å². The molecule has 2 aliphatic heterocycles. The maximum Gasteiger partial charge on any atom is 0.131 e. The van der Waals surface area contributed by atoms with Gasteiger partial charge in [0.05, 0.1) is 11.6 Å². The van der Waals surface area contributed by atoms with E-state index in [1.54, 1.807) is 25.1 Å². The molecule has 1 unspecified atom stereocenters. The van der Waals surface area contributed by atoms with Crippen molar-refractivity contribution in [2.24, 2.45) is 0 Å². The molecule has 0 aliphatic carbocycles. The lowest BCUT2D eigenvalue weighted by Crippen LogP contribution is -2.52. The van der Waals surface area contributed by atoms with E-state index in [9.17, 15) is 19.7 Å². The zero-order valence-corrected chi connectivity index (χ0v) is 16.2. The molecule has 2 atom stereocenters. The first-order chi connectivity index (χ1) is 13.3. The van der Waals surface area contributed by atoms with Crippen molar-refractivity contribution in [1.82, 2.24) is 4.90 Å². The molecule has 0 radical (unpaired) electrons. The summed E-state index contributed by atoms with van der Waals surface area (Å²) in [5, 5.41) is 32.1. The first-order valence-electron chi connectivity index (χ1n) is 9.66. The summed E-state index contributed by atoms with van der Waals surface area (Å²) in [6, 6.07) is 7.59. The molecule has 2 aromatic rings. The fourth-order valence-electron chi connectivity index (χ4n) is 4.44. The van der Waals surface area contributed by atoms with Crippen molar-refractivity contribution in [2.45, 2.75) is 44.4 Å². The zero-order valence-electron chi connectivity index (χ0n) is 16.2. The van der Waals surface area contributed by atoms with Gasteiger partial charge in [0.1, 0.15) is 30.0 Å². The average molecular weight is 387 g/mol. The Kier molecular flexibility index (Phi) is 4.81. The van der Waals surface area contributed by atoms with Crippen LogP contribution >= 0.6 is 0 Å². The second kappa shape index (κ2) is 7.03. The molecule has 2 aromatic carbocycles. The van der Waals surface area contributed by atoms with Crippen LogP contribution < -0.4 is 4.74 Å². The van der Waals surface area contributed by atoms with E-state index in [1.807, 2.05) is 6.92 Å². The minimum absolute atomic E-state index is 0.201. The van der Waals surface area contributed by atoms with Gasteiger partial charge in [-0.3, -0.25) is 4.90 Å². The number of phenols is 1. The largest absolute Gasteiger partial charge is 0.507 e. The highest BCUT2D eigenvalue weighted by molar-refractivity contribution is 5.54. The summed E-state index contributed by atoms with van der Waals surface area (Å²) < 4.78 is 19.1. The predicted octanol–water partition coefficient (Wildman–Crippen LogP) is 2.93. The smallest absolute Gasteiger partial charge is 0.131 e. The standard InChI is InChI=1S/C22H26FNO4/c1-13-11-17-20(26)18(12-28-21(17)14(2)19(13)25)24-9-7-22(27,8-10-24)15-3-5-16(23)6-4-15/h3-6,11,18,20,25-27H,7-10,12H2,1-2H3/t18?,20-/m0/s1. The molecule has 1 saturated heterocycles. The fourth-order valence-corrected chi connectivity index (χ4v) is 4.44. The van der Waals surface area contributed by atoms with Crippen LogP contribution in [0.5, 0.6) is 11.5 Å². The van der Waals surface area contributed by atoms with Gasteiger partial charge >= 0.3 is 0 Å². The van der Waals surface area contributed by atoms with E-state index in [0.717, 1.165) is 5.56 Å². The molecule has 5 nitrogen and oxygen atoms in total. The summed E-state index contributed by atoms with van der Waals surface area (Å²) in [6.07, 6.45) is 0.281. The van der Waals surface area contributed by atoms with Crippen molar-refractivity contribution in [3.8, 4) is 11.5 Å². The molecule has 0 bridgehead atoms. The monoisotopic (exact) mass is 387 g/mol. The van der Waals surface area contributed by atoms with Crippen molar-refractivity contribution < 1.29 is 24.4 Å². The van der Waals surface area contributed by atoms with E-state index < -0.39 is 11.7 Å². The summed E-state index contributed by atoms with van der Waals surface area (Å²) in [5.41, 5.74) is 1.80. The first kappa shape index (κ1) is 19.2. The molecule has 28 heavy (non-hydrogen) atoms. The third-order valence-corrected chi connectivity index (χ3v) is 6.26. The molecular formula is C22H26FNO4. The summed E-state index contributed by atoms with van der Waals surface area (Å²) in [6.45, 7) is 5.13. The number of aliphatic hydroxyl groups excluding tert-OH is 1. The number of ether oxygens (including phenoxy) is 1. The van der Waals surface area contributed by atoms with Crippen LogP contribution in [0.15, 0.2) is 30.3 Å². The van der Waals surface area contributed by atoms with Crippen LogP contribution in [0, 0.1) is 19.7 Å². The molecular weight excluding hydrogens is 361 g/mol. The molecule has 0 spiro atoms. The van der Waals surface area contributed by atoms with Crippen molar-refractivity contribution in [3.05, 3.63) is 58.4 Å². The first-order valence-corrected chi connectivity index (χ1v) is 9.66. The second-order valence-electron chi connectivity index (χ2n) is 7.98. The van der Waals surface area contributed by atoms with E-state index in [-0.39, 0.29) is 17.6 Å². The minimum Gasteiger partial charge on any atom is -0.507 e. The van der Waals surface area contributed by atoms with E-state index in [1.165, 1.54) is 12.1 Å². The number of aromatic hydroxyl groups is 1. The van der Waals surface area contributed by atoms with Crippen LogP contribution in [-0.2, 0) is 5.60 Å². The molecule has 2 heterocycles. The van der Waals surface area contributed by atoms with Gasteiger partial charge in [-0.1, -0.05) is 12.1 Å². The highest BCUT2D eigenvalue weighted by atomic mass is 19.1. The highest BCUT2D eigenvalue weighted by Gasteiger charge is 2.40. The van der Waals surface area contributed by atoms with Gasteiger partial charge in [0.15, 0.2) is 0 Å². The van der Waals surface area contributed by atoms with Crippen LogP contribution in [0.1, 0.15) is 41.2 Å². The summed E-state index contributed by atoms with van der Waals surface area (Å²) in [4.78, 5) is 2.14. The summed E-state index contributed by atoms with van der Waals surface area (Å²) >= 11 is 0. The average Bonchev–Trinajstić information content (AvgIpc) is 2.68. The van der Waals surface area contributed by atoms with Crippen LogP contribution in [-0.4, -0.2) is 46.0 Å². The van der Waals surface area contributed by atoms with E-state index >= 15 is 0 Å². The zero-order chi connectivity index (χ0) is 20.1. The van der Waals surface area contributed by atoms with Gasteiger partial charge in [-0.2, -0.15) is 0 Å². The van der Waals surface area contributed by atoms with E-state index in [0.29, 0.717) is 55.0 Å². The van der Waals surface area contributed by atoms with Crippen LogP contribution in [0.2, 0.25) is 0 Å². The summed E-state index contributed by atoms with van der Waals surface area (Å²) in [7, 11) is 0. The van der Waals surface area contributed by atoms with Gasteiger partial charge < -0.3 is 20.1 Å². The number of aryl methyl sites for hydroxylation is 1. The topological polar surface area (TPSA) is 73.2 Å². The van der Waals surface area contributed by atoms with Crippen molar-refractivity contribution in [3.63, 3.8) is 0 Å². The van der Waals surface area contributed by atoms with Crippen molar-refractivity contribution in [2.75, 3.05) is 19.7 Å². The maximum absolute atomic E-state index is 13.2. The number of rotatable bonds is 2. The quantitative estimate of drug-likeness (QED) is 0.739. The third kappa shape index (κ3) is 3.15. The number of fused-ring (bicyclic) bond motifs is 1. The molecule has 0 aromatic heterocycles. The van der Waals surface area contributed by atoms with Crippen LogP contribution in [0.25, 0.3) is 0 Å². The SMILES string of the molecule is Cc1cc2c(c(C)c1O)OCC(N1CCC(O)(c3ccc(F)cc3)CC1)[C@H]2O. The van der Waals surface area contributed by atoms with Crippen molar-refractivity contribution in [1.29, 1.82) is 0 Å². The lowest BCUT2D eigenvalue weighted by molar-refractivity contribution is -0.0666. The number of phenolic OH excluding ortho intramolecular Hbond substituents is 1. The molecule has 2 aliphatic rings. The van der Waals surface area contributed by atoms with E-state index in [2.05, 4.69) is 4.90 Å². The number of benzene rings is 2. The minimum atomic E-state index is -0.985. The molecule has 0 amide bonds. The second-order valence-corrected chi connectivity index (χ2v) is 7.98. The Hall–Kier alpha value is -2.15. The molecule has 0 saturated carbocycles. The Balaban J connectivity index is 1.50. The van der Waals surface area contributed by atoms with Gasteiger partial charge in [0.25, 0.3) is 0 Å². The maximum atomic E-state index is 13.2. The number of likely N-dealkylation sites (tertiary alicyclic amines) is 1. The molecule has 150 valence electrons. The third-order valence-electron chi connectivity index (χ3n) is 6.26. The lowest BCUT2D eigenvalue weighted by atomic mass is 9.83. The summed E-state index contributed by atoms with van der Waals surface area (Å²) in [5.74, 6) is 0.445. The Labute approximate surface area is 164 Å². The Morgan fingerprint density at radius 2 is 1.79 bits per heavy atom. The molecule has 4 rings (SSSR count). The predicted molar refractivity (Wildman–Crippen MR) is 103 cm³/mol. The Bertz CT molecular complexity index is 875. The van der Waals surface area contributed by atoms with Gasteiger partial charge in [0, 0.05) is 24.2 Å². The molecule has 3 N–H and O–H groups in total. The number of hydrogen-bond acceptors (Lipinski definition) is 5. The van der Waals surface area contributed by atoms with Gasteiger partial charge in [-0.05, 0) is 56.0 Å². The fraction of sp³-hybridized carbons (Fsp3) is 0.455. The van der Waals surface area contributed by atoms with E-state index in [4.69, 9.17) is 4.74 Å². The highest BCUT2D eigenvalue weighted by Crippen LogP contribution is 2.43. The number of piperidine rings is 1. The number of hydrogen-bond donors (Lipinski definition) is 3. The Morgan fingerprint density at radius 3 is 2.43 bits per heavy atom. The number of nitrogens with zero attached hydrogens (tertiary/aromatic N) is 1. The number of halogens is 1. The van der Waals surface area contributed by atoms with Gasteiger partial charge in [-0.15, -0.1) is 0 Å². The van der Waals surface area contributed by atoms with Crippen molar-refractivity contribution >= 4 is 0 Å². The van der Waals surface area contributed by atoms with Gasteiger partial charge in [-0.25, -0.2) is 4.39 Å². The normalized spacial score (nSPS) is 24.5. The lowest BCUT2D eigenvalue weighted by Gasteiger charge is -2.44. The van der Waals surface area contributed by atoms with Crippen LogP contribution in [0.3, 0.4) is 0 Å².